The third-order valence-electron chi connectivity index (χ3n) is 9.22. The van der Waals surface area contributed by atoms with E-state index in [1.807, 2.05) is 0 Å². The Kier molecular flexibility index (Phi) is 5.05. The van der Waals surface area contributed by atoms with Crippen molar-refractivity contribution in [3.8, 4) is 11.1 Å². The largest absolute Gasteiger partial charge is 0.310 e. The van der Waals surface area contributed by atoms with Gasteiger partial charge in [-0.15, -0.1) is 0 Å². The number of hydrogen-bond acceptors (Lipinski definition) is 1. The Labute approximate surface area is 220 Å². The Bertz CT molecular complexity index is 1550. The lowest BCUT2D eigenvalue weighted by Crippen LogP contribution is -2.44. The first-order valence-electron chi connectivity index (χ1n) is 13.6. The van der Waals surface area contributed by atoms with Gasteiger partial charge in [-0.05, 0) is 106 Å². The fourth-order valence-corrected chi connectivity index (χ4v) is 6.89. The van der Waals surface area contributed by atoms with Crippen LogP contribution in [-0.2, 0) is 10.8 Å². The molecule has 37 heavy (non-hydrogen) atoms. The van der Waals surface area contributed by atoms with E-state index in [2.05, 4.69) is 134 Å². The van der Waals surface area contributed by atoms with Gasteiger partial charge in [0.1, 0.15) is 0 Å². The highest BCUT2D eigenvalue weighted by Gasteiger charge is 2.47. The van der Waals surface area contributed by atoms with Crippen LogP contribution in [0.25, 0.3) is 21.9 Å². The number of benzene rings is 5. The second kappa shape index (κ2) is 8.35. The van der Waals surface area contributed by atoms with Gasteiger partial charge in [0, 0.05) is 17.1 Å². The van der Waals surface area contributed by atoms with Crippen molar-refractivity contribution in [2.24, 2.45) is 0 Å². The van der Waals surface area contributed by atoms with Crippen LogP contribution in [0, 0.1) is 0 Å². The molecule has 0 N–H and O–H groups in total. The molecule has 1 nitrogen and oxygen atoms in total. The molecule has 1 fully saturated rings. The zero-order valence-corrected chi connectivity index (χ0v) is 21.7. The van der Waals surface area contributed by atoms with Crippen LogP contribution in [0.1, 0.15) is 50.7 Å². The molecular weight excluding hydrogens is 446 g/mol. The van der Waals surface area contributed by atoms with Gasteiger partial charge in [0.2, 0.25) is 0 Å². The summed E-state index contributed by atoms with van der Waals surface area (Å²) in [6.45, 7) is 4.98. The molecule has 5 aromatic rings. The minimum Gasteiger partial charge on any atom is -0.310 e. The normalized spacial score (nSPS) is 22.1. The van der Waals surface area contributed by atoms with E-state index in [1.54, 1.807) is 11.1 Å². The average Bonchev–Trinajstić information content (AvgIpc) is 2.95. The molecular formula is C36H33N. The minimum absolute atomic E-state index is 0.302. The van der Waals surface area contributed by atoms with E-state index < -0.39 is 0 Å². The van der Waals surface area contributed by atoms with Crippen molar-refractivity contribution in [3.63, 3.8) is 0 Å². The quantitative estimate of drug-likeness (QED) is 0.248. The Balaban J connectivity index is 1.46. The maximum absolute atomic E-state index is 2.53. The molecule has 8 rings (SSSR count). The molecule has 0 saturated heterocycles. The van der Waals surface area contributed by atoms with Gasteiger partial charge in [-0.2, -0.15) is 0 Å². The molecule has 5 aromatic carbocycles. The van der Waals surface area contributed by atoms with E-state index >= 15 is 0 Å². The molecule has 0 unspecified atom stereocenters. The zero-order chi connectivity index (χ0) is 25.0. The molecule has 0 radical (unpaired) electrons. The van der Waals surface area contributed by atoms with E-state index in [4.69, 9.17) is 0 Å². The summed E-state index contributed by atoms with van der Waals surface area (Å²) in [5, 5.41) is 2.58. The SMILES string of the molecule is CC12CCC(C)(CC1)c1cc(-c3cc(N(c4ccccc4)c4ccccc4)cc4ccccc34)ccc12. The van der Waals surface area contributed by atoms with Crippen LogP contribution in [0.5, 0.6) is 0 Å². The van der Waals surface area contributed by atoms with Crippen LogP contribution in [0.2, 0.25) is 0 Å². The van der Waals surface area contributed by atoms with Gasteiger partial charge in [0.05, 0.1) is 0 Å². The van der Waals surface area contributed by atoms with Crippen LogP contribution < -0.4 is 4.90 Å². The first kappa shape index (κ1) is 22.4. The van der Waals surface area contributed by atoms with Gasteiger partial charge >= 0.3 is 0 Å². The van der Waals surface area contributed by atoms with Gasteiger partial charge in [0.25, 0.3) is 0 Å². The lowest BCUT2D eigenvalue weighted by molar-refractivity contribution is 0.188. The molecule has 182 valence electrons. The Morgan fingerprint density at radius 2 is 1.08 bits per heavy atom. The molecule has 2 bridgehead atoms. The van der Waals surface area contributed by atoms with Crippen LogP contribution in [0.15, 0.2) is 115 Å². The highest BCUT2D eigenvalue weighted by atomic mass is 15.1. The molecule has 0 amide bonds. The van der Waals surface area contributed by atoms with Crippen LogP contribution in [0.3, 0.4) is 0 Å². The van der Waals surface area contributed by atoms with Crippen LogP contribution >= 0.6 is 0 Å². The maximum Gasteiger partial charge on any atom is 0.0474 e. The molecule has 0 aromatic heterocycles. The van der Waals surface area contributed by atoms with Crippen LogP contribution in [-0.4, -0.2) is 0 Å². The smallest absolute Gasteiger partial charge is 0.0474 e. The minimum atomic E-state index is 0.302. The van der Waals surface area contributed by atoms with Crippen molar-refractivity contribution in [1.29, 1.82) is 0 Å². The number of anilines is 3. The summed E-state index contributed by atoms with van der Waals surface area (Å²) in [6.07, 6.45) is 5.24. The zero-order valence-electron chi connectivity index (χ0n) is 21.7. The third-order valence-corrected chi connectivity index (χ3v) is 9.22. The first-order valence-corrected chi connectivity index (χ1v) is 13.6. The summed E-state index contributed by atoms with van der Waals surface area (Å²) in [4.78, 5) is 2.37. The van der Waals surface area contributed by atoms with E-state index in [-0.39, 0.29) is 0 Å². The van der Waals surface area contributed by atoms with E-state index in [0.717, 1.165) is 11.4 Å². The van der Waals surface area contributed by atoms with Gasteiger partial charge in [0.15, 0.2) is 0 Å². The summed E-state index contributed by atoms with van der Waals surface area (Å²) < 4.78 is 0. The number of nitrogens with zero attached hydrogens (tertiary/aromatic N) is 1. The summed E-state index contributed by atoms with van der Waals surface area (Å²) >= 11 is 0. The second-order valence-corrected chi connectivity index (χ2v) is 11.6. The van der Waals surface area contributed by atoms with E-state index in [1.165, 1.54) is 53.3 Å². The third kappa shape index (κ3) is 3.60. The lowest BCUT2D eigenvalue weighted by Gasteiger charge is -2.52. The van der Waals surface area contributed by atoms with E-state index in [9.17, 15) is 0 Å². The van der Waals surface area contributed by atoms with Crippen LogP contribution in [0.4, 0.5) is 17.1 Å². The average molecular weight is 480 g/mol. The lowest BCUT2D eigenvalue weighted by atomic mass is 9.52. The molecule has 0 atom stereocenters. The standard InChI is InChI=1S/C36H33N/c1-35-19-21-36(2,22-20-35)34-24-27(17-18-33(34)35)32-25-30(23-26-11-9-10-16-31(26)32)37(28-12-5-3-6-13-28)29-14-7-4-8-15-29/h3-18,23-25H,19-22H2,1-2H3. The van der Waals surface area contributed by atoms with Gasteiger partial charge < -0.3 is 4.90 Å². The fourth-order valence-electron chi connectivity index (χ4n) is 6.89. The number of fused-ring (bicyclic) bond motifs is 3. The van der Waals surface area contributed by atoms with Crippen molar-refractivity contribution in [3.05, 3.63) is 126 Å². The van der Waals surface area contributed by atoms with Gasteiger partial charge in [-0.1, -0.05) is 92.7 Å². The Hall–Kier alpha value is -3.84. The maximum atomic E-state index is 2.53. The Morgan fingerprint density at radius 1 is 0.514 bits per heavy atom. The predicted octanol–water partition coefficient (Wildman–Crippen LogP) is 10.1. The number of para-hydroxylation sites is 2. The molecule has 3 aliphatic rings. The molecule has 3 aliphatic carbocycles. The summed E-state index contributed by atoms with van der Waals surface area (Å²) in [7, 11) is 0. The predicted molar refractivity (Wildman–Crippen MR) is 157 cm³/mol. The number of hydrogen-bond donors (Lipinski definition) is 0. The monoisotopic (exact) mass is 479 g/mol. The molecule has 1 heteroatoms. The van der Waals surface area contributed by atoms with Crippen molar-refractivity contribution >= 4 is 27.8 Å². The van der Waals surface area contributed by atoms with Crippen molar-refractivity contribution in [2.45, 2.75) is 50.4 Å². The fraction of sp³-hybridized carbons (Fsp3) is 0.222. The summed E-state index contributed by atoms with van der Waals surface area (Å²) in [6, 6.07) is 42.4. The van der Waals surface area contributed by atoms with Gasteiger partial charge in [-0.25, -0.2) is 0 Å². The number of rotatable bonds is 4. The topological polar surface area (TPSA) is 3.24 Å². The second-order valence-electron chi connectivity index (χ2n) is 11.6. The van der Waals surface area contributed by atoms with Crippen molar-refractivity contribution in [1.82, 2.24) is 0 Å². The molecule has 0 heterocycles. The summed E-state index contributed by atoms with van der Waals surface area (Å²) in [5.41, 5.74) is 9.97. The van der Waals surface area contributed by atoms with Gasteiger partial charge in [-0.3, -0.25) is 0 Å². The van der Waals surface area contributed by atoms with Crippen molar-refractivity contribution < 1.29 is 0 Å². The summed E-state index contributed by atoms with van der Waals surface area (Å²) in [5.74, 6) is 0. The molecule has 0 aliphatic heterocycles. The van der Waals surface area contributed by atoms with Crippen molar-refractivity contribution in [2.75, 3.05) is 4.90 Å². The highest BCUT2D eigenvalue weighted by molar-refractivity contribution is 6.01. The first-order chi connectivity index (χ1) is 18.0. The highest BCUT2D eigenvalue weighted by Crippen LogP contribution is 2.57. The Morgan fingerprint density at radius 3 is 1.73 bits per heavy atom. The molecule has 0 spiro atoms. The van der Waals surface area contributed by atoms with E-state index in [0.29, 0.717) is 10.8 Å². The molecule has 1 saturated carbocycles.